The highest BCUT2D eigenvalue weighted by molar-refractivity contribution is 5.78. The van der Waals surface area contributed by atoms with Crippen molar-refractivity contribution in [2.75, 3.05) is 26.2 Å². The Morgan fingerprint density at radius 3 is 2.89 bits per heavy atom. The van der Waals surface area contributed by atoms with Crippen LogP contribution in [0.1, 0.15) is 31.6 Å². The summed E-state index contributed by atoms with van der Waals surface area (Å²) >= 11 is 0. The Bertz CT molecular complexity index is 818. The molecule has 4 rings (SSSR count). The summed E-state index contributed by atoms with van der Waals surface area (Å²) in [5, 5.41) is 6.82. The second-order valence-electron chi connectivity index (χ2n) is 7.24. The van der Waals surface area contributed by atoms with Gasteiger partial charge < -0.3 is 19.5 Å². The van der Waals surface area contributed by atoms with Gasteiger partial charge in [-0.05, 0) is 31.4 Å². The minimum absolute atomic E-state index is 0.0724. The average Bonchev–Trinajstić information content (AvgIpc) is 3.20. The number of carbonyl (C=O) groups is 2. The molecule has 4 heterocycles. The molecule has 2 saturated heterocycles. The van der Waals surface area contributed by atoms with Gasteiger partial charge in [-0.2, -0.15) is 4.98 Å². The Hall–Kier alpha value is -2.81. The highest BCUT2D eigenvalue weighted by atomic mass is 16.5. The first-order chi connectivity index (χ1) is 13.6. The third-order valence-electron chi connectivity index (χ3n) is 5.31. The van der Waals surface area contributed by atoms with Gasteiger partial charge in [0.15, 0.2) is 0 Å². The summed E-state index contributed by atoms with van der Waals surface area (Å²) < 4.78 is 11.0. The first kappa shape index (κ1) is 18.5. The van der Waals surface area contributed by atoms with E-state index in [4.69, 9.17) is 9.26 Å². The molecular formula is C19H23N5O4. The molecule has 9 heteroatoms. The van der Waals surface area contributed by atoms with Crippen LogP contribution in [0.2, 0.25) is 0 Å². The fraction of sp³-hybridized carbons (Fsp3) is 0.526. The van der Waals surface area contributed by atoms with Gasteiger partial charge in [0.25, 0.3) is 0 Å². The summed E-state index contributed by atoms with van der Waals surface area (Å²) in [4.78, 5) is 34.0. The van der Waals surface area contributed by atoms with Crippen molar-refractivity contribution < 1.29 is 18.8 Å². The minimum Gasteiger partial charge on any atom is -0.363 e. The van der Waals surface area contributed by atoms with E-state index >= 15 is 0 Å². The average molecular weight is 385 g/mol. The number of rotatable bonds is 5. The van der Waals surface area contributed by atoms with Crippen molar-refractivity contribution in [3.8, 4) is 11.4 Å². The maximum atomic E-state index is 12.5. The van der Waals surface area contributed by atoms with Gasteiger partial charge in [0, 0.05) is 50.4 Å². The molecule has 2 aliphatic heterocycles. The normalized spacial score (nSPS) is 18.9. The Labute approximate surface area is 162 Å². The van der Waals surface area contributed by atoms with Crippen LogP contribution in [0.3, 0.4) is 0 Å². The van der Waals surface area contributed by atoms with Crippen LogP contribution in [0.15, 0.2) is 29.0 Å². The van der Waals surface area contributed by atoms with Gasteiger partial charge in [0.2, 0.25) is 23.5 Å². The summed E-state index contributed by atoms with van der Waals surface area (Å²) in [6.07, 6.45) is 6.52. The molecule has 9 nitrogen and oxygen atoms in total. The predicted molar refractivity (Wildman–Crippen MR) is 98.0 cm³/mol. The van der Waals surface area contributed by atoms with Gasteiger partial charge in [0.05, 0.1) is 5.60 Å². The van der Waals surface area contributed by atoms with Crippen LogP contribution < -0.4 is 5.32 Å². The maximum Gasteiger partial charge on any atom is 0.246 e. The van der Waals surface area contributed by atoms with Crippen LogP contribution in [0, 0.1) is 0 Å². The standard InChI is InChI=1S/C19H23N5O4/c25-15-12-27-19(13-21-15)6-9-24(10-7-19)17(26)5-1-4-16-22-18(23-28-16)14-3-2-8-20-11-14/h2-3,8,11H,1,4-7,9-10,12-13H2,(H,21,25). The summed E-state index contributed by atoms with van der Waals surface area (Å²) in [5.41, 5.74) is 0.494. The molecule has 0 unspecified atom stereocenters. The molecule has 2 amide bonds. The number of ether oxygens (including phenoxy) is 1. The van der Waals surface area contributed by atoms with Gasteiger partial charge in [-0.1, -0.05) is 5.16 Å². The summed E-state index contributed by atoms with van der Waals surface area (Å²) in [6.45, 7) is 1.95. The Morgan fingerprint density at radius 2 is 2.18 bits per heavy atom. The molecule has 1 spiro atoms. The van der Waals surface area contributed by atoms with Crippen LogP contribution in [0.4, 0.5) is 0 Å². The lowest BCUT2D eigenvalue weighted by Crippen LogP contribution is -2.58. The number of nitrogens with one attached hydrogen (secondary N) is 1. The topological polar surface area (TPSA) is 110 Å². The van der Waals surface area contributed by atoms with E-state index in [2.05, 4.69) is 20.4 Å². The molecule has 0 aromatic carbocycles. The number of carbonyl (C=O) groups excluding carboxylic acids is 2. The molecule has 2 aromatic rings. The second kappa shape index (κ2) is 8.05. The highest BCUT2D eigenvalue weighted by Gasteiger charge is 2.39. The summed E-state index contributed by atoms with van der Waals surface area (Å²) in [7, 11) is 0. The van der Waals surface area contributed by atoms with Gasteiger partial charge in [0.1, 0.15) is 6.61 Å². The first-order valence-corrected chi connectivity index (χ1v) is 9.55. The lowest BCUT2D eigenvalue weighted by atomic mass is 9.90. The fourth-order valence-electron chi connectivity index (χ4n) is 3.58. The quantitative estimate of drug-likeness (QED) is 0.816. The van der Waals surface area contributed by atoms with Gasteiger partial charge in [-0.3, -0.25) is 14.6 Å². The largest absolute Gasteiger partial charge is 0.363 e. The van der Waals surface area contributed by atoms with Crippen LogP contribution in [0.5, 0.6) is 0 Å². The third-order valence-corrected chi connectivity index (χ3v) is 5.31. The first-order valence-electron chi connectivity index (χ1n) is 9.55. The number of likely N-dealkylation sites (tertiary alicyclic amines) is 1. The zero-order chi connectivity index (χ0) is 19.4. The van der Waals surface area contributed by atoms with Crippen molar-refractivity contribution >= 4 is 11.8 Å². The second-order valence-corrected chi connectivity index (χ2v) is 7.24. The fourth-order valence-corrected chi connectivity index (χ4v) is 3.58. The van der Waals surface area contributed by atoms with Crippen molar-refractivity contribution in [2.24, 2.45) is 0 Å². The van der Waals surface area contributed by atoms with Crippen molar-refractivity contribution in [2.45, 2.75) is 37.7 Å². The van der Waals surface area contributed by atoms with E-state index in [0.717, 1.165) is 18.4 Å². The molecule has 0 saturated carbocycles. The zero-order valence-electron chi connectivity index (χ0n) is 15.6. The number of aromatic nitrogens is 3. The van der Waals surface area contributed by atoms with Crippen molar-refractivity contribution in [1.29, 1.82) is 0 Å². The van der Waals surface area contributed by atoms with E-state index in [1.54, 1.807) is 12.4 Å². The minimum atomic E-state index is -0.308. The maximum absolute atomic E-state index is 12.5. The lowest BCUT2D eigenvalue weighted by Gasteiger charge is -2.43. The van der Waals surface area contributed by atoms with E-state index < -0.39 is 0 Å². The molecule has 28 heavy (non-hydrogen) atoms. The molecule has 0 radical (unpaired) electrons. The Kier molecular flexibility index (Phi) is 5.34. The van der Waals surface area contributed by atoms with E-state index in [1.807, 2.05) is 17.0 Å². The molecule has 0 bridgehead atoms. The number of morpholine rings is 1. The lowest BCUT2D eigenvalue weighted by molar-refractivity contribution is -0.154. The molecule has 2 aliphatic rings. The highest BCUT2D eigenvalue weighted by Crippen LogP contribution is 2.28. The van der Waals surface area contributed by atoms with Crippen LogP contribution >= 0.6 is 0 Å². The van der Waals surface area contributed by atoms with E-state index in [1.165, 1.54) is 0 Å². The van der Waals surface area contributed by atoms with Crippen LogP contribution in [-0.2, 0) is 20.7 Å². The molecule has 148 valence electrons. The number of hydrogen-bond acceptors (Lipinski definition) is 7. The number of nitrogens with zero attached hydrogens (tertiary/aromatic N) is 4. The van der Waals surface area contributed by atoms with Crippen molar-refractivity contribution in [1.82, 2.24) is 25.3 Å². The SMILES string of the molecule is O=C1COC2(CCN(C(=O)CCCc3nc(-c4cccnc4)no3)CC2)CN1. The van der Waals surface area contributed by atoms with E-state index in [0.29, 0.717) is 50.6 Å². The molecule has 2 aromatic heterocycles. The van der Waals surface area contributed by atoms with Crippen molar-refractivity contribution in [3.05, 3.63) is 30.4 Å². The van der Waals surface area contributed by atoms with Crippen LogP contribution in [-0.4, -0.2) is 63.7 Å². The number of aryl methyl sites for hydroxylation is 1. The zero-order valence-corrected chi connectivity index (χ0v) is 15.6. The smallest absolute Gasteiger partial charge is 0.246 e. The number of hydrogen-bond donors (Lipinski definition) is 1. The molecule has 0 aliphatic carbocycles. The van der Waals surface area contributed by atoms with Gasteiger partial charge in [-0.15, -0.1) is 0 Å². The van der Waals surface area contributed by atoms with Crippen molar-refractivity contribution in [3.63, 3.8) is 0 Å². The van der Waals surface area contributed by atoms with Gasteiger partial charge >= 0.3 is 0 Å². The third kappa shape index (κ3) is 4.19. The Morgan fingerprint density at radius 1 is 1.32 bits per heavy atom. The van der Waals surface area contributed by atoms with E-state index in [-0.39, 0.29) is 24.0 Å². The van der Waals surface area contributed by atoms with E-state index in [9.17, 15) is 9.59 Å². The molecule has 0 atom stereocenters. The molecular weight excluding hydrogens is 362 g/mol. The number of amides is 2. The molecule has 2 fully saturated rings. The van der Waals surface area contributed by atoms with Gasteiger partial charge in [-0.25, -0.2) is 0 Å². The molecule has 1 N–H and O–H groups in total. The summed E-state index contributed by atoms with van der Waals surface area (Å²) in [6, 6.07) is 3.69. The number of piperidine rings is 1. The summed E-state index contributed by atoms with van der Waals surface area (Å²) in [5.74, 6) is 1.09. The predicted octanol–water partition coefficient (Wildman–Crippen LogP) is 0.962. The monoisotopic (exact) mass is 385 g/mol. The van der Waals surface area contributed by atoms with Crippen LogP contribution in [0.25, 0.3) is 11.4 Å². The Balaban J connectivity index is 1.21. The number of pyridine rings is 1.